The fraction of sp³-hybridized carbons (Fsp3) is 0.941. The average Bonchev–Trinajstić information content (AvgIpc) is 3.22. The molecule has 0 aromatic rings. The van der Waals surface area contributed by atoms with Gasteiger partial charge in [0.2, 0.25) is 0 Å². The summed E-state index contributed by atoms with van der Waals surface area (Å²) in [6, 6.07) is 0.641. The molecule has 3 saturated heterocycles. The highest BCUT2D eigenvalue weighted by Gasteiger charge is 2.53. The van der Waals surface area contributed by atoms with Crippen molar-refractivity contribution in [3.63, 3.8) is 0 Å². The lowest BCUT2D eigenvalue weighted by Gasteiger charge is -2.26. The third kappa shape index (κ3) is 2.98. The van der Waals surface area contributed by atoms with Crippen LogP contribution < -0.4 is 5.32 Å². The first kappa shape index (κ1) is 16.1. The van der Waals surface area contributed by atoms with Crippen molar-refractivity contribution >= 4 is 5.96 Å². The summed E-state index contributed by atoms with van der Waals surface area (Å²) in [4.78, 5) is 9.36. The second-order valence-electron chi connectivity index (χ2n) is 7.23. The van der Waals surface area contributed by atoms with Crippen LogP contribution in [0.1, 0.15) is 33.1 Å². The average molecular weight is 308 g/mol. The van der Waals surface area contributed by atoms with Crippen LogP contribution in [0.5, 0.6) is 0 Å². The molecule has 0 spiro atoms. The van der Waals surface area contributed by atoms with Crippen LogP contribution in [0.15, 0.2) is 4.99 Å². The van der Waals surface area contributed by atoms with Crippen LogP contribution in [0.25, 0.3) is 0 Å². The Morgan fingerprint density at radius 3 is 2.50 bits per heavy atom. The van der Waals surface area contributed by atoms with E-state index in [1.807, 2.05) is 7.05 Å². The van der Waals surface area contributed by atoms with Crippen LogP contribution in [-0.2, 0) is 4.74 Å². The van der Waals surface area contributed by atoms with Gasteiger partial charge in [0.05, 0.1) is 12.2 Å². The molecule has 0 radical (unpaired) electrons. The highest BCUT2D eigenvalue weighted by molar-refractivity contribution is 5.80. The second-order valence-corrected chi connectivity index (χ2v) is 7.23. The zero-order chi connectivity index (χ0) is 15.7. The maximum atomic E-state index is 6.06. The van der Waals surface area contributed by atoms with Gasteiger partial charge >= 0.3 is 0 Å². The molecule has 5 nitrogen and oxygen atoms in total. The summed E-state index contributed by atoms with van der Waals surface area (Å²) in [7, 11) is 4.10. The van der Waals surface area contributed by atoms with E-state index in [4.69, 9.17) is 4.74 Å². The van der Waals surface area contributed by atoms with Gasteiger partial charge in [-0.25, -0.2) is 0 Å². The summed E-state index contributed by atoms with van der Waals surface area (Å²) in [6.07, 6.45) is 4.78. The Labute approximate surface area is 135 Å². The Balaban J connectivity index is 1.47. The summed E-state index contributed by atoms with van der Waals surface area (Å²) in [5.41, 5.74) is 0. The summed E-state index contributed by atoms with van der Waals surface area (Å²) in [6.45, 7) is 8.78. The summed E-state index contributed by atoms with van der Waals surface area (Å²) in [5.74, 6) is 2.55. The number of fused-ring (bicyclic) bond motifs is 5. The first-order valence-corrected chi connectivity index (χ1v) is 8.95. The first-order valence-electron chi connectivity index (χ1n) is 8.95. The van der Waals surface area contributed by atoms with E-state index in [0.717, 1.165) is 44.0 Å². The minimum absolute atomic E-state index is 0.523. The highest BCUT2D eigenvalue weighted by Crippen LogP contribution is 2.47. The number of aliphatic imine (C=N–C) groups is 1. The molecule has 5 atom stereocenters. The molecule has 3 fully saturated rings. The van der Waals surface area contributed by atoms with Crippen molar-refractivity contribution in [2.75, 3.05) is 40.3 Å². The highest BCUT2D eigenvalue weighted by atomic mass is 16.5. The number of guanidine groups is 1. The smallest absolute Gasteiger partial charge is 0.193 e. The maximum Gasteiger partial charge on any atom is 0.193 e. The molecule has 1 N–H and O–H groups in total. The Hall–Kier alpha value is -0.810. The van der Waals surface area contributed by atoms with Gasteiger partial charge in [-0.3, -0.25) is 4.99 Å². The zero-order valence-corrected chi connectivity index (χ0v) is 14.6. The summed E-state index contributed by atoms with van der Waals surface area (Å²) in [5, 5.41) is 3.55. The fourth-order valence-electron chi connectivity index (χ4n) is 4.34. The Kier molecular flexibility index (Phi) is 4.93. The van der Waals surface area contributed by atoms with Gasteiger partial charge in [-0.05, 0) is 33.2 Å². The Morgan fingerprint density at radius 1 is 1.32 bits per heavy atom. The molecular weight excluding hydrogens is 276 g/mol. The maximum absolute atomic E-state index is 6.06. The number of rotatable bonds is 5. The third-order valence-corrected chi connectivity index (χ3v) is 6.05. The molecule has 3 rings (SSSR count). The predicted octanol–water partition coefficient (Wildman–Crippen LogP) is 1.40. The number of nitrogens with one attached hydrogen (secondary N) is 1. The van der Waals surface area contributed by atoms with Crippen LogP contribution >= 0.6 is 0 Å². The van der Waals surface area contributed by atoms with Crippen molar-refractivity contribution in [3.05, 3.63) is 0 Å². The van der Waals surface area contributed by atoms with E-state index < -0.39 is 0 Å². The van der Waals surface area contributed by atoms with E-state index in [1.165, 1.54) is 19.3 Å². The molecule has 5 heteroatoms. The topological polar surface area (TPSA) is 40.1 Å². The monoisotopic (exact) mass is 308 g/mol. The van der Waals surface area contributed by atoms with Crippen LogP contribution in [0.4, 0.5) is 0 Å². The molecule has 3 aliphatic rings. The SMILES string of the molecule is CCC(C)N(C)CCNC(=NC)N1CC2C3CCC(O3)C2C1. The van der Waals surface area contributed by atoms with Gasteiger partial charge in [-0.15, -0.1) is 0 Å². The molecule has 5 unspecified atom stereocenters. The van der Waals surface area contributed by atoms with Gasteiger partial charge in [-0.2, -0.15) is 0 Å². The van der Waals surface area contributed by atoms with Gasteiger partial charge in [0.1, 0.15) is 0 Å². The first-order chi connectivity index (χ1) is 10.6. The minimum atomic E-state index is 0.523. The molecule has 0 amide bonds. The van der Waals surface area contributed by atoms with Crippen molar-refractivity contribution in [1.29, 1.82) is 0 Å². The number of likely N-dealkylation sites (tertiary alicyclic amines) is 1. The van der Waals surface area contributed by atoms with Crippen molar-refractivity contribution in [1.82, 2.24) is 15.1 Å². The van der Waals surface area contributed by atoms with E-state index >= 15 is 0 Å². The molecule has 0 aliphatic carbocycles. The number of nitrogens with zero attached hydrogens (tertiary/aromatic N) is 3. The molecule has 2 bridgehead atoms. The van der Waals surface area contributed by atoms with Crippen molar-refractivity contribution in [2.24, 2.45) is 16.8 Å². The fourth-order valence-corrected chi connectivity index (χ4v) is 4.34. The quantitative estimate of drug-likeness (QED) is 0.616. The molecule has 126 valence electrons. The summed E-state index contributed by atoms with van der Waals surface area (Å²) >= 11 is 0. The molecule has 3 aliphatic heterocycles. The van der Waals surface area contributed by atoms with Crippen molar-refractivity contribution in [3.8, 4) is 0 Å². The Morgan fingerprint density at radius 2 is 1.95 bits per heavy atom. The second kappa shape index (κ2) is 6.75. The number of likely N-dealkylation sites (N-methyl/N-ethyl adjacent to an activating group) is 1. The number of ether oxygens (including phenoxy) is 1. The van der Waals surface area contributed by atoms with Crippen LogP contribution in [0.3, 0.4) is 0 Å². The van der Waals surface area contributed by atoms with Gasteiger partial charge in [-0.1, -0.05) is 6.92 Å². The third-order valence-electron chi connectivity index (χ3n) is 6.05. The number of hydrogen-bond donors (Lipinski definition) is 1. The van der Waals surface area contributed by atoms with E-state index in [9.17, 15) is 0 Å². The van der Waals surface area contributed by atoms with Gasteiger partial charge < -0.3 is 19.9 Å². The lowest BCUT2D eigenvalue weighted by molar-refractivity contribution is 0.0767. The van der Waals surface area contributed by atoms with Crippen LogP contribution in [0, 0.1) is 11.8 Å². The van der Waals surface area contributed by atoms with Crippen molar-refractivity contribution in [2.45, 2.75) is 51.4 Å². The molecule has 0 aromatic carbocycles. The van der Waals surface area contributed by atoms with Gasteiger partial charge in [0, 0.05) is 51.1 Å². The van der Waals surface area contributed by atoms with E-state index in [1.54, 1.807) is 0 Å². The zero-order valence-electron chi connectivity index (χ0n) is 14.6. The molecular formula is C17H32N4O. The van der Waals surface area contributed by atoms with Gasteiger partial charge in [0.25, 0.3) is 0 Å². The summed E-state index contributed by atoms with van der Waals surface area (Å²) < 4.78 is 6.06. The molecule has 3 heterocycles. The largest absolute Gasteiger partial charge is 0.374 e. The molecule has 0 saturated carbocycles. The lowest BCUT2D eigenvalue weighted by atomic mass is 9.82. The minimum Gasteiger partial charge on any atom is -0.374 e. The molecule has 0 aromatic heterocycles. The van der Waals surface area contributed by atoms with Gasteiger partial charge in [0.15, 0.2) is 5.96 Å². The standard InChI is InChI=1S/C17H32N4O/c1-5-12(2)20(4)9-8-19-17(18-3)21-10-13-14(11-21)16-7-6-15(13)22-16/h12-16H,5-11H2,1-4H3,(H,18,19). The predicted molar refractivity (Wildman–Crippen MR) is 90.2 cm³/mol. The normalized spacial score (nSPS) is 35.3. The van der Waals surface area contributed by atoms with E-state index in [0.29, 0.717) is 18.2 Å². The van der Waals surface area contributed by atoms with E-state index in [-0.39, 0.29) is 0 Å². The van der Waals surface area contributed by atoms with Crippen LogP contribution in [0.2, 0.25) is 0 Å². The molecule has 22 heavy (non-hydrogen) atoms. The van der Waals surface area contributed by atoms with E-state index in [2.05, 4.69) is 41.0 Å². The lowest BCUT2D eigenvalue weighted by Crippen LogP contribution is -2.44. The van der Waals surface area contributed by atoms with Crippen LogP contribution in [-0.4, -0.2) is 74.3 Å². The van der Waals surface area contributed by atoms with Crippen molar-refractivity contribution < 1.29 is 4.74 Å². The number of hydrogen-bond acceptors (Lipinski definition) is 3. The Bertz CT molecular complexity index is 395.